The van der Waals surface area contributed by atoms with Gasteiger partial charge in [0, 0.05) is 18.4 Å². The molecule has 106 valence electrons. The Balaban J connectivity index is 2.33. The summed E-state index contributed by atoms with van der Waals surface area (Å²) in [6, 6.07) is 6.52. The highest BCUT2D eigenvalue weighted by Gasteiger charge is 2.40. The Morgan fingerprint density at radius 2 is 1.55 bits per heavy atom. The van der Waals surface area contributed by atoms with Crippen LogP contribution in [-0.4, -0.2) is 28.5 Å². The highest BCUT2D eigenvalue weighted by molar-refractivity contribution is 6.09. The maximum absolute atomic E-state index is 12.6. The minimum absolute atomic E-state index is 0.102. The number of benzene rings is 1. The van der Waals surface area contributed by atoms with Gasteiger partial charge in [0.05, 0.1) is 0 Å². The summed E-state index contributed by atoms with van der Waals surface area (Å²) < 4.78 is 0. The third kappa shape index (κ3) is 2.64. The number of rotatable bonds is 4. The number of hydrogen-bond acceptors (Lipinski definition) is 3. The van der Waals surface area contributed by atoms with E-state index in [1.807, 2.05) is 32.9 Å². The molecule has 0 radical (unpaired) electrons. The van der Waals surface area contributed by atoms with Crippen molar-refractivity contribution in [2.75, 3.05) is 0 Å². The van der Waals surface area contributed by atoms with Crippen LogP contribution < -0.4 is 0 Å². The molecule has 1 aromatic rings. The molecule has 0 aliphatic carbocycles. The summed E-state index contributed by atoms with van der Waals surface area (Å²) >= 11 is 0. The van der Waals surface area contributed by atoms with Gasteiger partial charge < -0.3 is 0 Å². The molecule has 0 saturated carbocycles. The summed E-state index contributed by atoms with van der Waals surface area (Å²) in [6.07, 6.45) is 0.423. The van der Waals surface area contributed by atoms with E-state index >= 15 is 0 Å². The molecule has 1 aromatic carbocycles. The molecule has 0 aromatic heterocycles. The lowest BCUT2D eigenvalue weighted by Gasteiger charge is -2.28. The molecule has 2 rings (SSSR count). The minimum atomic E-state index is -0.694. The summed E-state index contributed by atoms with van der Waals surface area (Å²) in [4.78, 5) is 37.5. The summed E-state index contributed by atoms with van der Waals surface area (Å²) in [5.74, 6) is -0.748. The van der Waals surface area contributed by atoms with Gasteiger partial charge in [0.2, 0.25) is 11.8 Å². The fraction of sp³-hybridized carbons (Fsp3) is 0.438. The van der Waals surface area contributed by atoms with E-state index in [9.17, 15) is 14.4 Å². The van der Waals surface area contributed by atoms with Gasteiger partial charge in [-0.3, -0.25) is 19.3 Å². The predicted octanol–water partition coefficient (Wildman–Crippen LogP) is 2.35. The average molecular weight is 273 g/mol. The van der Waals surface area contributed by atoms with E-state index in [0.29, 0.717) is 5.56 Å². The van der Waals surface area contributed by atoms with Crippen LogP contribution in [0.15, 0.2) is 24.3 Å². The van der Waals surface area contributed by atoms with E-state index in [4.69, 9.17) is 0 Å². The lowest BCUT2D eigenvalue weighted by Crippen LogP contribution is -2.47. The van der Waals surface area contributed by atoms with Crippen molar-refractivity contribution < 1.29 is 14.4 Å². The maximum Gasteiger partial charge on any atom is 0.230 e. The van der Waals surface area contributed by atoms with Crippen LogP contribution in [0.5, 0.6) is 0 Å². The second-order valence-electron chi connectivity index (χ2n) is 5.58. The van der Waals surface area contributed by atoms with Crippen LogP contribution in [0.2, 0.25) is 0 Å². The monoisotopic (exact) mass is 273 g/mol. The van der Waals surface area contributed by atoms with Crippen molar-refractivity contribution in [1.29, 1.82) is 0 Å². The minimum Gasteiger partial charge on any atom is -0.292 e. The highest BCUT2D eigenvalue weighted by Crippen LogP contribution is 2.23. The fourth-order valence-electron chi connectivity index (χ4n) is 2.51. The van der Waals surface area contributed by atoms with Crippen LogP contribution in [0, 0.1) is 12.8 Å². The van der Waals surface area contributed by atoms with Gasteiger partial charge >= 0.3 is 0 Å². The van der Waals surface area contributed by atoms with E-state index in [1.54, 1.807) is 12.1 Å². The molecule has 1 heterocycles. The third-order valence-electron chi connectivity index (χ3n) is 3.60. The van der Waals surface area contributed by atoms with E-state index in [-0.39, 0.29) is 36.4 Å². The van der Waals surface area contributed by atoms with Crippen LogP contribution in [0.4, 0.5) is 0 Å². The predicted molar refractivity (Wildman–Crippen MR) is 75.2 cm³/mol. The number of hydrogen-bond donors (Lipinski definition) is 0. The Morgan fingerprint density at radius 1 is 1.05 bits per heavy atom. The van der Waals surface area contributed by atoms with Gasteiger partial charge in [0.1, 0.15) is 6.04 Å². The van der Waals surface area contributed by atoms with Gasteiger partial charge in [0.15, 0.2) is 5.78 Å². The first-order valence-electron chi connectivity index (χ1n) is 6.87. The normalized spacial score (nSPS) is 16.9. The quantitative estimate of drug-likeness (QED) is 0.625. The molecule has 20 heavy (non-hydrogen) atoms. The molecule has 4 heteroatoms. The first-order chi connectivity index (χ1) is 9.41. The average Bonchev–Trinajstić information content (AvgIpc) is 2.71. The van der Waals surface area contributed by atoms with Crippen molar-refractivity contribution in [2.45, 2.75) is 39.7 Å². The number of carbonyl (C=O) groups excluding carboxylic acids is 3. The van der Waals surface area contributed by atoms with Crippen LogP contribution >= 0.6 is 0 Å². The number of ketones is 1. The highest BCUT2D eigenvalue weighted by atomic mass is 16.2. The molecular weight excluding hydrogens is 254 g/mol. The lowest BCUT2D eigenvalue weighted by atomic mass is 9.93. The van der Waals surface area contributed by atoms with Crippen molar-refractivity contribution in [3.05, 3.63) is 35.4 Å². The molecule has 0 N–H and O–H groups in total. The van der Waals surface area contributed by atoms with Crippen molar-refractivity contribution in [3.8, 4) is 0 Å². The molecule has 2 amide bonds. The van der Waals surface area contributed by atoms with Crippen molar-refractivity contribution in [1.82, 2.24) is 4.90 Å². The third-order valence-corrected chi connectivity index (χ3v) is 3.60. The molecule has 1 fully saturated rings. The van der Waals surface area contributed by atoms with E-state index in [2.05, 4.69) is 0 Å². The topological polar surface area (TPSA) is 54.5 Å². The first-order valence-corrected chi connectivity index (χ1v) is 6.87. The van der Waals surface area contributed by atoms with Gasteiger partial charge in [-0.25, -0.2) is 0 Å². The van der Waals surface area contributed by atoms with Crippen molar-refractivity contribution in [3.63, 3.8) is 0 Å². The molecule has 4 nitrogen and oxygen atoms in total. The Morgan fingerprint density at radius 3 is 2.00 bits per heavy atom. The van der Waals surface area contributed by atoms with Crippen LogP contribution in [-0.2, 0) is 9.59 Å². The van der Waals surface area contributed by atoms with E-state index in [0.717, 1.165) is 10.5 Å². The number of nitrogens with zero attached hydrogens (tertiary/aromatic N) is 1. The van der Waals surface area contributed by atoms with Crippen LogP contribution in [0.3, 0.4) is 0 Å². The smallest absolute Gasteiger partial charge is 0.230 e. The molecule has 1 atom stereocenters. The zero-order valence-electron chi connectivity index (χ0n) is 12.1. The fourth-order valence-corrected chi connectivity index (χ4v) is 2.51. The first kappa shape index (κ1) is 14.4. The summed E-state index contributed by atoms with van der Waals surface area (Å²) in [7, 11) is 0. The second kappa shape index (κ2) is 5.57. The summed E-state index contributed by atoms with van der Waals surface area (Å²) in [5.41, 5.74) is 1.61. The number of carbonyl (C=O) groups is 3. The van der Waals surface area contributed by atoms with Crippen molar-refractivity contribution >= 4 is 17.6 Å². The Labute approximate surface area is 118 Å². The number of aryl methyl sites for hydroxylation is 1. The lowest BCUT2D eigenvalue weighted by molar-refractivity contribution is -0.141. The van der Waals surface area contributed by atoms with Crippen LogP contribution in [0.1, 0.15) is 42.6 Å². The molecule has 0 bridgehead atoms. The van der Waals surface area contributed by atoms with E-state index in [1.165, 1.54) is 0 Å². The molecule has 1 saturated heterocycles. The van der Waals surface area contributed by atoms with Crippen molar-refractivity contribution in [2.24, 2.45) is 5.92 Å². The van der Waals surface area contributed by atoms with Gasteiger partial charge in [-0.2, -0.15) is 0 Å². The Kier molecular flexibility index (Phi) is 4.02. The number of likely N-dealkylation sites (tertiary alicyclic amines) is 1. The molecular formula is C16H19NO3. The molecule has 1 unspecified atom stereocenters. The van der Waals surface area contributed by atoms with Crippen LogP contribution in [0.25, 0.3) is 0 Å². The number of amides is 2. The summed E-state index contributed by atoms with van der Waals surface area (Å²) in [6.45, 7) is 5.66. The SMILES string of the molecule is Cc1ccc(C(=O)C(C(C)C)N2C(=O)CCC2=O)cc1. The standard InChI is InChI=1S/C16H19NO3/c1-10(2)15(17-13(18)8-9-14(17)19)16(20)12-6-4-11(3)5-7-12/h4-7,10,15H,8-9H2,1-3H3. The van der Waals surface area contributed by atoms with Gasteiger partial charge in [-0.05, 0) is 12.8 Å². The molecule has 0 spiro atoms. The van der Waals surface area contributed by atoms with E-state index < -0.39 is 6.04 Å². The van der Waals surface area contributed by atoms with Gasteiger partial charge in [-0.1, -0.05) is 43.7 Å². The molecule has 1 aliphatic heterocycles. The zero-order valence-corrected chi connectivity index (χ0v) is 12.1. The zero-order chi connectivity index (χ0) is 14.9. The van der Waals surface area contributed by atoms with Gasteiger partial charge in [0.25, 0.3) is 0 Å². The van der Waals surface area contributed by atoms with Gasteiger partial charge in [-0.15, -0.1) is 0 Å². The maximum atomic E-state index is 12.6. The summed E-state index contributed by atoms with van der Waals surface area (Å²) in [5, 5.41) is 0. The second-order valence-corrected chi connectivity index (χ2v) is 5.58. The number of Topliss-reactive ketones (excluding diaryl/α,β-unsaturated/α-hetero) is 1. The largest absolute Gasteiger partial charge is 0.292 e. The Bertz CT molecular complexity index is 529. The Hall–Kier alpha value is -1.97. The number of imide groups is 1. The molecule has 1 aliphatic rings.